The van der Waals surface area contributed by atoms with E-state index in [0.717, 1.165) is 5.56 Å². The third-order valence-corrected chi connectivity index (χ3v) is 2.87. The van der Waals surface area contributed by atoms with Crippen molar-refractivity contribution >= 4 is 17.6 Å². The largest absolute Gasteiger partial charge is 0.465 e. The van der Waals surface area contributed by atoms with E-state index in [1.807, 2.05) is 24.3 Å². The van der Waals surface area contributed by atoms with E-state index >= 15 is 0 Å². The number of esters is 1. The third kappa shape index (κ3) is 1.97. The molecule has 2 heterocycles. The van der Waals surface area contributed by atoms with Crippen molar-refractivity contribution in [2.24, 2.45) is 0 Å². The van der Waals surface area contributed by atoms with Gasteiger partial charge in [-0.25, -0.2) is 4.79 Å². The zero-order chi connectivity index (χ0) is 13.2. The Kier molecular flexibility index (Phi) is 2.76. The van der Waals surface area contributed by atoms with E-state index in [1.54, 1.807) is 24.4 Å². The Morgan fingerprint density at radius 1 is 1.16 bits per heavy atom. The van der Waals surface area contributed by atoms with E-state index in [2.05, 4.69) is 4.98 Å². The average Bonchev–Trinajstić information content (AvgIpc) is 2.62. The van der Waals surface area contributed by atoms with E-state index in [4.69, 9.17) is 9.47 Å². The van der Waals surface area contributed by atoms with Crippen LogP contribution in [0.25, 0.3) is 11.6 Å². The number of carbonyl (C=O) groups is 1. The van der Waals surface area contributed by atoms with Gasteiger partial charge in [0.1, 0.15) is 11.4 Å². The molecule has 0 amide bonds. The molecule has 0 fully saturated rings. The first-order chi connectivity index (χ1) is 9.29. The molecule has 0 saturated heterocycles. The van der Waals surface area contributed by atoms with Gasteiger partial charge in [0.2, 0.25) is 0 Å². The molecule has 0 radical (unpaired) electrons. The minimum atomic E-state index is -0.430. The van der Waals surface area contributed by atoms with Crippen LogP contribution in [0.4, 0.5) is 0 Å². The molecule has 0 bridgehead atoms. The summed E-state index contributed by atoms with van der Waals surface area (Å²) >= 11 is 0. The lowest BCUT2D eigenvalue weighted by Crippen LogP contribution is -2.05. The Morgan fingerprint density at radius 3 is 2.79 bits per heavy atom. The van der Waals surface area contributed by atoms with Gasteiger partial charge in [0, 0.05) is 11.8 Å². The summed E-state index contributed by atoms with van der Waals surface area (Å²) < 4.78 is 10.6. The van der Waals surface area contributed by atoms with Crippen molar-refractivity contribution in [2.45, 2.75) is 0 Å². The summed E-state index contributed by atoms with van der Waals surface area (Å²) in [5, 5.41) is 0. The monoisotopic (exact) mass is 253 g/mol. The van der Waals surface area contributed by atoms with Crippen molar-refractivity contribution in [3.8, 4) is 11.5 Å². The maximum absolute atomic E-state index is 11.9. The number of hydrogen-bond donors (Lipinski definition) is 0. The summed E-state index contributed by atoms with van der Waals surface area (Å²) in [5.41, 5.74) is 1.70. The highest BCUT2D eigenvalue weighted by atomic mass is 16.5. The molecule has 4 nitrogen and oxygen atoms in total. The van der Waals surface area contributed by atoms with Crippen LogP contribution < -0.4 is 4.74 Å². The summed E-state index contributed by atoms with van der Waals surface area (Å²) in [4.78, 5) is 16.1. The SMILES string of the molecule is COC(=O)C1=Cc2ccccc2Oc2cccnc21. The summed E-state index contributed by atoms with van der Waals surface area (Å²) in [7, 11) is 1.35. The first-order valence-corrected chi connectivity index (χ1v) is 5.82. The lowest BCUT2D eigenvalue weighted by atomic mass is 10.1. The Bertz CT molecular complexity index is 677. The fourth-order valence-corrected chi connectivity index (χ4v) is 1.98. The quantitative estimate of drug-likeness (QED) is 0.733. The van der Waals surface area contributed by atoms with Crippen LogP contribution in [-0.4, -0.2) is 18.1 Å². The second-order valence-corrected chi connectivity index (χ2v) is 4.04. The number of rotatable bonds is 1. The van der Waals surface area contributed by atoms with Gasteiger partial charge in [-0.15, -0.1) is 0 Å². The lowest BCUT2D eigenvalue weighted by molar-refractivity contribution is -0.133. The molecule has 0 aliphatic carbocycles. The molecule has 1 aliphatic heterocycles. The molecule has 19 heavy (non-hydrogen) atoms. The molecular weight excluding hydrogens is 242 g/mol. The second kappa shape index (κ2) is 4.57. The number of nitrogens with zero attached hydrogens (tertiary/aromatic N) is 1. The van der Waals surface area contributed by atoms with Crippen molar-refractivity contribution < 1.29 is 14.3 Å². The van der Waals surface area contributed by atoms with Crippen LogP contribution in [0.3, 0.4) is 0 Å². The molecule has 94 valence electrons. The molecule has 1 aromatic heterocycles. The molecule has 0 atom stereocenters. The molecule has 0 spiro atoms. The van der Waals surface area contributed by atoms with E-state index < -0.39 is 5.97 Å². The van der Waals surface area contributed by atoms with Crippen molar-refractivity contribution in [1.82, 2.24) is 4.98 Å². The molecule has 4 heteroatoms. The van der Waals surface area contributed by atoms with Crippen LogP contribution in [0, 0.1) is 0 Å². The Hall–Kier alpha value is -2.62. The van der Waals surface area contributed by atoms with Crippen LogP contribution >= 0.6 is 0 Å². The number of para-hydroxylation sites is 1. The molecule has 0 saturated carbocycles. The van der Waals surface area contributed by atoms with E-state index in [1.165, 1.54) is 7.11 Å². The molecule has 2 aromatic rings. The topological polar surface area (TPSA) is 48.4 Å². The number of carbonyl (C=O) groups excluding carboxylic acids is 1. The van der Waals surface area contributed by atoms with Gasteiger partial charge in [-0.1, -0.05) is 18.2 Å². The smallest absolute Gasteiger partial charge is 0.340 e. The van der Waals surface area contributed by atoms with Gasteiger partial charge in [-0.3, -0.25) is 4.98 Å². The van der Waals surface area contributed by atoms with Crippen LogP contribution in [0.2, 0.25) is 0 Å². The fraction of sp³-hybridized carbons (Fsp3) is 0.0667. The third-order valence-electron chi connectivity index (χ3n) is 2.87. The molecular formula is C15H11NO3. The van der Waals surface area contributed by atoms with Gasteiger partial charge >= 0.3 is 5.97 Å². The van der Waals surface area contributed by atoms with Crippen molar-refractivity contribution in [3.05, 3.63) is 53.9 Å². The number of fused-ring (bicyclic) bond motifs is 2. The Balaban J connectivity index is 2.25. The zero-order valence-corrected chi connectivity index (χ0v) is 10.3. The predicted octanol–water partition coefficient (Wildman–Crippen LogP) is 2.90. The number of hydrogen-bond acceptors (Lipinski definition) is 4. The number of pyridine rings is 1. The lowest BCUT2D eigenvalue weighted by Gasteiger charge is -2.08. The molecule has 3 rings (SSSR count). The van der Waals surface area contributed by atoms with Crippen LogP contribution in [0.1, 0.15) is 11.3 Å². The molecule has 0 unspecified atom stereocenters. The Labute approximate surface area is 110 Å². The predicted molar refractivity (Wildman–Crippen MR) is 70.6 cm³/mol. The normalized spacial score (nSPS) is 12.4. The second-order valence-electron chi connectivity index (χ2n) is 4.04. The number of benzene rings is 1. The van der Waals surface area contributed by atoms with Gasteiger partial charge in [0.05, 0.1) is 12.7 Å². The fourth-order valence-electron chi connectivity index (χ4n) is 1.98. The van der Waals surface area contributed by atoms with Gasteiger partial charge in [-0.2, -0.15) is 0 Å². The first kappa shape index (κ1) is 11.5. The average molecular weight is 253 g/mol. The first-order valence-electron chi connectivity index (χ1n) is 5.82. The van der Waals surface area contributed by atoms with Gasteiger partial charge in [0.25, 0.3) is 0 Å². The number of ether oxygens (including phenoxy) is 2. The maximum Gasteiger partial charge on any atom is 0.340 e. The molecule has 1 aliphatic rings. The summed E-state index contributed by atoms with van der Waals surface area (Å²) in [6, 6.07) is 11.0. The zero-order valence-electron chi connectivity index (χ0n) is 10.3. The highest BCUT2D eigenvalue weighted by molar-refractivity contribution is 6.22. The standard InChI is InChI=1S/C15H11NO3/c1-18-15(17)11-9-10-5-2-3-6-12(10)19-13-7-4-8-16-14(11)13/h2-9H,1H3. The van der Waals surface area contributed by atoms with E-state index in [0.29, 0.717) is 22.8 Å². The van der Waals surface area contributed by atoms with Crippen molar-refractivity contribution in [1.29, 1.82) is 0 Å². The highest BCUT2D eigenvalue weighted by Gasteiger charge is 2.22. The summed E-state index contributed by atoms with van der Waals surface area (Å²) in [5.74, 6) is 0.806. The molecule has 0 N–H and O–H groups in total. The van der Waals surface area contributed by atoms with Crippen LogP contribution in [-0.2, 0) is 9.53 Å². The van der Waals surface area contributed by atoms with Gasteiger partial charge in [0.15, 0.2) is 5.75 Å². The highest BCUT2D eigenvalue weighted by Crippen LogP contribution is 2.36. The summed E-state index contributed by atoms with van der Waals surface area (Å²) in [6.45, 7) is 0. The van der Waals surface area contributed by atoms with Crippen LogP contribution in [0.5, 0.6) is 11.5 Å². The maximum atomic E-state index is 11.9. The van der Waals surface area contributed by atoms with Crippen LogP contribution in [0.15, 0.2) is 42.6 Å². The van der Waals surface area contributed by atoms with E-state index in [9.17, 15) is 4.79 Å². The van der Waals surface area contributed by atoms with Gasteiger partial charge in [-0.05, 0) is 24.3 Å². The van der Waals surface area contributed by atoms with E-state index in [-0.39, 0.29) is 0 Å². The summed E-state index contributed by atoms with van der Waals surface area (Å²) in [6.07, 6.45) is 3.36. The number of methoxy groups -OCH3 is 1. The van der Waals surface area contributed by atoms with Crippen molar-refractivity contribution in [3.63, 3.8) is 0 Å². The van der Waals surface area contributed by atoms with Crippen molar-refractivity contribution in [2.75, 3.05) is 7.11 Å². The molecule has 1 aromatic carbocycles. The van der Waals surface area contributed by atoms with Gasteiger partial charge < -0.3 is 9.47 Å². The minimum absolute atomic E-state index is 0.392. The Morgan fingerprint density at radius 2 is 1.95 bits per heavy atom. The minimum Gasteiger partial charge on any atom is -0.465 e. The number of aromatic nitrogens is 1.